The van der Waals surface area contributed by atoms with Crippen molar-refractivity contribution in [1.29, 1.82) is 0 Å². The van der Waals surface area contributed by atoms with Crippen molar-refractivity contribution in [2.24, 2.45) is 5.92 Å². The lowest BCUT2D eigenvalue weighted by atomic mass is 10.0. The van der Waals surface area contributed by atoms with Crippen molar-refractivity contribution in [1.82, 2.24) is 0 Å². The van der Waals surface area contributed by atoms with Crippen molar-refractivity contribution < 1.29 is 18.6 Å². The Kier molecular flexibility index (Phi) is 4.53. The van der Waals surface area contributed by atoms with E-state index in [1.54, 1.807) is 0 Å². The van der Waals surface area contributed by atoms with Gasteiger partial charge in [0.15, 0.2) is 11.6 Å². The molecule has 0 heterocycles. The van der Waals surface area contributed by atoms with Gasteiger partial charge in [0.2, 0.25) is 0 Å². The summed E-state index contributed by atoms with van der Waals surface area (Å²) in [5.74, 6) is -0.748. The molecule has 1 aliphatic carbocycles. The van der Waals surface area contributed by atoms with E-state index in [9.17, 15) is 13.9 Å². The molecular weight excluding hydrogens is 238 g/mol. The van der Waals surface area contributed by atoms with Gasteiger partial charge in [-0.05, 0) is 24.5 Å². The molecule has 0 aliphatic heterocycles. The molecule has 1 unspecified atom stereocenters. The zero-order valence-corrected chi connectivity index (χ0v) is 10.2. The minimum atomic E-state index is -0.615. The van der Waals surface area contributed by atoms with E-state index in [1.807, 2.05) is 0 Å². The Hall–Kier alpha value is -1.16. The zero-order chi connectivity index (χ0) is 13.0. The monoisotopic (exact) mass is 256 g/mol. The van der Waals surface area contributed by atoms with E-state index >= 15 is 0 Å². The van der Waals surface area contributed by atoms with E-state index in [0.29, 0.717) is 12.3 Å². The summed E-state index contributed by atoms with van der Waals surface area (Å²) in [5, 5.41) is 9.79. The van der Waals surface area contributed by atoms with Crippen LogP contribution in [0.3, 0.4) is 0 Å². The maximum atomic E-state index is 13.3. The van der Waals surface area contributed by atoms with Crippen molar-refractivity contribution in [3.05, 3.63) is 29.8 Å². The highest BCUT2D eigenvalue weighted by atomic mass is 19.1. The lowest BCUT2D eigenvalue weighted by molar-refractivity contribution is 0.0835. The third-order valence-corrected chi connectivity index (χ3v) is 3.40. The minimum absolute atomic E-state index is 0.0108. The number of aliphatic hydroxyl groups is 1. The van der Waals surface area contributed by atoms with Crippen molar-refractivity contribution in [2.75, 3.05) is 6.61 Å². The van der Waals surface area contributed by atoms with E-state index < -0.39 is 17.7 Å². The first-order chi connectivity index (χ1) is 8.65. The summed E-state index contributed by atoms with van der Waals surface area (Å²) >= 11 is 0. The smallest absolute Gasteiger partial charge is 0.165 e. The Balaban J connectivity index is 1.81. The topological polar surface area (TPSA) is 29.5 Å². The molecule has 0 bridgehead atoms. The molecular formula is C14H18F2O2. The van der Waals surface area contributed by atoms with Crippen LogP contribution in [0.2, 0.25) is 0 Å². The SMILES string of the molecule is OC(COc1cc(F)ccc1F)CC1CCCC1. The second kappa shape index (κ2) is 6.14. The van der Waals surface area contributed by atoms with E-state index in [0.717, 1.165) is 31.0 Å². The zero-order valence-electron chi connectivity index (χ0n) is 10.2. The van der Waals surface area contributed by atoms with E-state index in [1.165, 1.54) is 12.8 Å². The summed E-state index contributed by atoms with van der Waals surface area (Å²) in [6.45, 7) is 0.0108. The Labute approximate surface area is 106 Å². The first kappa shape index (κ1) is 13.3. The third kappa shape index (κ3) is 3.67. The van der Waals surface area contributed by atoms with Gasteiger partial charge in [-0.25, -0.2) is 8.78 Å². The number of hydrogen-bond donors (Lipinski definition) is 1. The molecule has 1 N–H and O–H groups in total. The molecule has 100 valence electrons. The highest BCUT2D eigenvalue weighted by Crippen LogP contribution is 2.28. The van der Waals surface area contributed by atoms with Crippen LogP contribution in [0.25, 0.3) is 0 Å². The van der Waals surface area contributed by atoms with Crippen LogP contribution >= 0.6 is 0 Å². The summed E-state index contributed by atoms with van der Waals surface area (Å²) in [4.78, 5) is 0. The number of aliphatic hydroxyl groups excluding tert-OH is 1. The van der Waals surface area contributed by atoms with Gasteiger partial charge in [0.1, 0.15) is 12.4 Å². The average molecular weight is 256 g/mol. The van der Waals surface area contributed by atoms with Gasteiger partial charge < -0.3 is 9.84 Å². The summed E-state index contributed by atoms with van der Waals surface area (Å²) in [5.41, 5.74) is 0. The normalized spacial score (nSPS) is 17.9. The van der Waals surface area contributed by atoms with Gasteiger partial charge in [-0.2, -0.15) is 0 Å². The molecule has 0 amide bonds. The standard InChI is InChI=1S/C14H18F2O2/c15-11-5-6-13(16)14(8-11)18-9-12(17)7-10-3-1-2-4-10/h5-6,8,10,12,17H,1-4,7,9H2. The second-order valence-electron chi connectivity index (χ2n) is 4.93. The number of hydrogen-bond acceptors (Lipinski definition) is 2. The Morgan fingerprint density at radius 1 is 1.28 bits per heavy atom. The van der Waals surface area contributed by atoms with Crippen LogP contribution in [0.5, 0.6) is 5.75 Å². The maximum absolute atomic E-state index is 13.3. The van der Waals surface area contributed by atoms with Crippen LogP contribution in [0, 0.1) is 17.6 Å². The number of ether oxygens (including phenoxy) is 1. The molecule has 2 nitrogen and oxygen atoms in total. The van der Waals surface area contributed by atoms with E-state index in [-0.39, 0.29) is 12.4 Å². The van der Waals surface area contributed by atoms with Gasteiger partial charge in [-0.3, -0.25) is 0 Å². The highest BCUT2D eigenvalue weighted by Gasteiger charge is 2.19. The summed E-state index contributed by atoms with van der Waals surface area (Å²) in [6, 6.07) is 3.06. The van der Waals surface area contributed by atoms with Crippen molar-refractivity contribution in [3.8, 4) is 5.75 Å². The largest absolute Gasteiger partial charge is 0.488 e. The highest BCUT2D eigenvalue weighted by molar-refractivity contribution is 5.24. The van der Waals surface area contributed by atoms with E-state index in [2.05, 4.69) is 0 Å². The number of benzene rings is 1. The van der Waals surface area contributed by atoms with Gasteiger partial charge in [0, 0.05) is 6.07 Å². The molecule has 0 spiro atoms. The van der Waals surface area contributed by atoms with Crippen LogP contribution < -0.4 is 4.74 Å². The van der Waals surface area contributed by atoms with Gasteiger partial charge in [0.05, 0.1) is 6.10 Å². The molecule has 1 saturated carbocycles. The van der Waals surface area contributed by atoms with Gasteiger partial charge in [-0.1, -0.05) is 25.7 Å². The quantitative estimate of drug-likeness (QED) is 0.876. The van der Waals surface area contributed by atoms with Crippen LogP contribution in [0.1, 0.15) is 32.1 Å². The molecule has 2 rings (SSSR count). The molecule has 1 atom stereocenters. The first-order valence-electron chi connectivity index (χ1n) is 6.41. The fourth-order valence-corrected chi connectivity index (χ4v) is 2.47. The fraction of sp³-hybridized carbons (Fsp3) is 0.571. The molecule has 0 saturated heterocycles. The maximum Gasteiger partial charge on any atom is 0.165 e. The Morgan fingerprint density at radius 2 is 2.00 bits per heavy atom. The Bertz CT molecular complexity index is 389. The molecule has 1 fully saturated rings. The predicted octanol–water partition coefficient (Wildman–Crippen LogP) is 3.28. The van der Waals surface area contributed by atoms with Crippen molar-refractivity contribution in [2.45, 2.75) is 38.2 Å². The van der Waals surface area contributed by atoms with Crippen molar-refractivity contribution >= 4 is 0 Å². The summed E-state index contributed by atoms with van der Waals surface area (Å²) in [6.07, 6.45) is 4.79. The molecule has 1 aromatic rings. The average Bonchev–Trinajstić information content (AvgIpc) is 2.83. The molecule has 0 radical (unpaired) electrons. The molecule has 1 aromatic carbocycles. The van der Waals surface area contributed by atoms with Gasteiger partial charge in [0.25, 0.3) is 0 Å². The first-order valence-corrected chi connectivity index (χ1v) is 6.41. The number of rotatable bonds is 5. The number of halogens is 2. The van der Waals surface area contributed by atoms with Crippen LogP contribution in [-0.4, -0.2) is 17.8 Å². The molecule has 0 aromatic heterocycles. The van der Waals surface area contributed by atoms with Crippen LogP contribution in [0.4, 0.5) is 8.78 Å². The lowest BCUT2D eigenvalue weighted by Gasteiger charge is -2.16. The molecule has 18 heavy (non-hydrogen) atoms. The minimum Gasteiger partial charge on any atom is -0.488 e. The van der Waals surface area contributed by atoms with Crippen molar-refractivity contribution in [3.63, 3.8) is 0 Å². The summed E-state index contributed by atoms with van der Waals surface area (Å²) < 4.78 is 31.3. The summed E-state index contributed by atoms with van der Waals surface area (Å²) in [7, 11) is 0. The van der Waals surface area contributed by atoms with Gasteiger partial charge >= 0.3 is 0 Å². The molecule has 1 aliphatic rings. The van der Waals surface area contributed by atoms with Gasteiger partial charge in [-0.15, -0.1) is 0 Å². The third-order valence-electron chi connectivity index (χ3n) is 3.40. The molecule has 4 heteroatoms. The fourth-order valence-electron chi connectivity index (χ4n) is 2.47. The second-order valence-corrected chi connectivity index (χ2v) is 4.93. The Morgan fingerprint density at radius 3 is 2.72 bits per heavy atom. The predicted molar refractivity (Wildman–Crippen MR) is 64.4 cm³/mol. The van der Waals surface area contributed by atoms with Crippen LogP contribution in [-0.2, 0) is 0 Å². The lowest BCUT2D eigenvalue weighted by Crippen LogP contribution is -2.20. The van der Waals surface area contributed by atoms with Crippen LogP contribution in [0.15, 0.2) is 18.2 Å². The van der Waals surface area contributed by atoms with E-state index in [4.69, 9.17) is 4.74 Å².